The van der Waals surface area contributed by atoms with Crippen molar-refractivity contribution >= 4 is 18.1 Å². The van der Waals surface area contributed by atoms with E-state index in [1.165, 1.54) is 5.56 Å². The van der Waals surface area contributed by atoms with Gasteiger partial charge >= 0.3 is 12.0 Å². The number of nitrogens with zero attached hydrogens (tertiary/aromatic N) is 2. The van der Waals surface area contributed by atoms with Gasteiger partial charge in [-0.1, -0.05) is 62.8 Å². The van der Waals surface area contributed by atoms with Gasteiger partial charge < -0.3 is 15.3 Å². The zero-order valence-electron chi connectivity index (χ0n) is 15.6. The Kier molecular flexibility index (Phi) is 7.66. The van der Waals surface area contributed by atoms with E-state index in [0.29, 0.717) is 19.5 Å². The smallest absolute Gasteiger partial charge is 0.326 e. The second-order valence-electron chi connectivity index (χ2n) is 6.75. The molecule has 0 saturated carbocycles. The molecule has 2 N–H and O–H groups in total. The number of carboxylic acid groups (broad SMARTS) is 1. The maximum absolute atomic E-state index is 12.4. The zero-order valence-corrected chi connectivity index (χ0v) is 15.6. The summed E-state index contributed by atoms with van der Waals surface area (Å²) in [6.07, 6.45) is 4.94. The number of aliphatic carboxylic acids is 1. The number of rotatable bonds is 7. The first-order valence-corrected chi connectivity index (χ1v) is 9.23. The van der Waals surface area contributed by atoms with Gasteiger partial charge in [0.1, 0.15) is 6.04 Å². The summed E-state index contributed by atoms with van der Waals surface area (Å²) in [7, 11) is 0. The molecule has 1 heterocycles. The molecule has 26 heavy (non-hydrogen) atoms. The van der Waals surface area contributed by atoms with Gasteiger partial charge in [-0.15, -0.1) is 0 Å². The SMILES string of the molecule is CC[C@H](C)[C@H](NC(=O)N1CCN(C/C=C/c2ccccc2)CC1)C(=O)O. The van der Waals surface area contributed by atoms with Crippen LogP contribution in [0.5, 0.6) is 0 Å². The first kappa shape index (κ1) is 20.0. The van der Waals surface area contributed by atoms with Crippen molar-refractivity contribution in [2.75, 3.05) is 32.7 Å². The molecule has 0 unspecified atom stereocenters. The Labute approximate surface area is 155 Å². The van der Waals surface area contributed by atoms with Crippen LogP contribution in [0.2, 0.25) is 0 Å². The van der Waals surface area contributed by atoms with Gasteiger partial charge in [-0.05, 0) is 11.5 Å². The van der Waals surface area contributed by atoms with Crippen molar-refractivity contribution in [2.24, 2.45) is 5.92 Å². The van der Waals surface area contributed by atoms with Crippen LogP contribution >= 0.6 is 0 Å². The Balaban J connectivity index is 1.77. The number of amides is 2. The molecule has 0 bridgehead atoms. The fourth-order valence-electron chi connectivity index (χ4n) is 2.94. The second-order valence-corrected chi connectivity index (χ2v) is 6.75. The Morgan fingerprint density at radius 2 is 1.85 bits per heavy atom. The van der Waals surface area contributed by atoms with E-state index < -0.39 is 12.0 Å². The summed E-state index contributed by atoms with van der Waals surface area (Å²) < 4.78 is 0. The zero-order chi connectivity index (χ0) is 18.9. The van der Waals surface area contributed by atoms with E-state index in [4.69, 9.17) is 0 Å². The van der Waals surface area contributed by atoms with Crippen LogP contribution in [0.1, 0.15) is 25.8 Å². The highest BCUT2D eigenvalue weighted by molar-refractivity contribution is 5.82. The van der Waals surface area contributed by atoms with Gasteiger partial charge in [0.25, 0.3) is 0 Å². The highest BCUT2D eigenvalue weighted by atomic mass is 16.4. The van der Waals surface area contributed by atoms with Crippen molar-refractivity contribution in [1.82, 2.24) is 15.1 Å². The third-order valence-electron chi connectivity index (χ3n) is 4.89. The fourth-order valence-corrected chi connectivity index (χ4v) is 2.94. The van der Waals surface area contributed by atoms with Crippen LogP contribution in [0, 0.1) is 5.92 Å². The minimum atomic E-state index is -0.975. The lowest BCUT2D eigenvalue weighted by molar-refractivity contribution is -0.140. The van der Waals surface area contributed by atoms with E-state index in [-0.39, 0.29) is 11.9 Å². The summed E-state index contributed by atoms with van der Waals surface area (Å²) in [6.45, 7) is 7.40. The molecule has 1 aromatic carbocycles. The Hall–Kier alpha value is -2.34. The van der Waals surface area contributed by atoms with Gasteiger partial charge in [-0.2, -0.15) is 0 Å². The summed E-state index contributed by atoms with van der Waals surface area (Å²) in [5, 5.41) is 12.0. The van der Waals surface area contributed by atoms with E-state index in [0.717, 1.165) is 19.6 Å². The van der Waals surface area contributed by atoms with Gasteiger partial charge in [-0.25, -0.2) is 9.59 Å². The van der Waals surface area contributed by atoms with Crippen molar-refractivity contribution in [3.05, 3.63) is 42.0 Å². The summed E-state index contributed by atoms with van der Waals surface area (Å²) in [6, 6.07) is 9.04. The molecule has 142 valence electrons. The number of carbonyl (C=O) groups is 2. The molecule has 1 aliphatic rings. The molecule has 2 amide bonds. The van der Waals surface area contributed by atoms with Crippen molar-refractivity contribution in [2.45, 2.75) is 26.3 Å². The van der Waals surface area contributed by atoms with Crippen LogP contribution in [0.4, 0.5) is 4.79 Å². The van der Waals surface area contributed by atoms with Crippen LogP contribution in [0.15, 0.2) is 36.4 Å². The maximum atomic E-state index is 12.4. The molecule has 0 radical (unpaired) electrons. The number of hydrogen-bond acceptors (Lipinski definition) is 3. The van der Waals surface area contributed by atoms with Crippen LogP contribution in [-0.4, -0.2) is 65.7 Å². The first-order chi connectivity index (χ1) is 12.5. The number of piperazine rings is 1. The van der Waals surface area contributed by atoms with Gasteiger partial charge in [-0.3, -0.25) is 4.90 Å². The largest absolute Gasteiger partial charge is 0.480 e. The molecule has 6 heteroatoms. The molecule has 1 aromatic rings. The van der Waals surface area contributed by atoms with Crippen LogP contribution in [-0.2, 0) is 4.79 Å². The standard InChI is InChI=1S/C20H29N3O3/c1-3-16(2)18(19(24)25)21-20(26)23-14-12-22(13-15-23)11-7-10-17-8-5-4-6-9-17/h4-10,16,18H,3,11-15H2,1-2H3,(H,21,26)(H,24,25)/b10-7+/t16-,18-/m0/s1. The van der Waals surface area contributed by atoms with Crippen molar-refractivity contribution < 1.29 is 14.7 Å². The molecule has 6 nitrogen and oxygen atoms in total. The number of carbonyl (C=O) groups excluding carboxylic acids is 1. The van der Waals surface area contributed by atoms with Crippen molar-refractivity contribution in [1.29, 1.82) is 0 Å². The summed E-state index contributed by atoms with van der Waals surface area (Å²) >= 11 is 0. The Morgan fingerprint density at radius 3 is 2.42 bits per heavy atom. The summed E-state index contributed by atoms with van der Waals surface area (Å²) in [4.78, 5) is 27.7. The number of benzene rings is 1. The topological polar surface area (TPSA) is 72.9 Å². The first-order valence-electron chi connectivity index (χ1n) is 9.23. The van der Waals surface area contributed by atoms with E-state index in [1.54, 1.807) is 4.90 Å². The predicted molar refractivity (Wildman–Crippen MR) is 103 cm³/mol. The minimum absolute atomic E-state index is 0.0964. The maximum Gasteiger partial charge on any atom is 0.326 e. The molecule has 0 aliphatic carbocycles. The third kappa shape index (κ3) is 5.88. The second kappa shape index (κ2) is 9.97. The lowest BCUT2D eigenvalue weighted by Crippen LogP contribution is -2.55. The van der Waals surface area contributed by atoms with E-state index in [2.05, 4.69) is 34.5 Å². The number of carboxylic acids is 1. The van der Waals surface area contributed by atoms with Gasteiger partial charge in [0.2, 0.25) is 0 Å². The van der Waals surface area contributed by atoms with Crippen LogP contribution in [0.25, 0.3) is 6.08 Å². The number of hydrogen-bond donors (Lipinski definition) is 2. The monoisotopic (exact) mass is 359 g/mol. The molecule has 1 fully saturated rings. The van der Waals surface area contributed by atoms with Crippen LogP contribution < -0.4 is 5.32 Å². The highest BCUT2D eigenvalue weighted by Gasteiger charge is 2.28. The molecular formula is C20H29N3O3. The van der Waals surface area contributed by atoms with Crippen molar-refractivity contribution in [3.63, 3.8) is 0 Å². The summed E-state index contributed by atoms with van der Waals surface area (Å²) in [5.74, 6) is -1.07. The molecular weight excluding hydrogens is 330 g/mol. The molecule has 0 aromatic heterocycles. The lowest BCUT2D eigenvalue weighted by Gasteiger charge is -2.35. The van der Waals surface area contributed by atoms with E-state index in [1.807, 2.05) is 32.0 Å². The molecule has 1 saturated heterocycles. The Morgan fingerprint density at radius 1 is 1.19 bits per heavy atom. The average Bonchev–Trinajstić information content (AvgIpc) is 2.66. The molecule has 0 spiro atoms. The number of urea groups is 1. The van der Waals surface area contributed by atoms with E-state index >= 15 is 0 Å². The Bertz CT molecular complexity index is 610. The predicted octanol–water partition coefficient (Wildman–Crippen LogP) is 2.53. The molecule has 1 aliphatic heterocycles. The third-order valence-corrected chi connectivity index (χ3v) is 4.89. The lowest BCUT2D eigenvalue weighted by atomic mass is 9.99. The number of nitrogens with one attached hydrogen (secondary N) is 1. The van der Waals surface area contributed by atoms with E-state index in [9.17, 15) is 14.7 Å². The minimum Gasteiger partial charge on any atom is -0.480 e. The highest BCUT2D eigenvalue weighted by Crippen LogP contribution is 2.10. The molecule has 2 atom stereocenters. The fraction of sp³-hybridized carbons (Fsp3) is 0.500. The van der Waals surface area contributed by atoms with Gasteiger partial charge in [0, 0.05) is 32.7 Å². The normalized spacial score (nSPS) is 17.8. The summed E-state index contributed by atoms with van der Waals surface area (Å²) in [5.41, 5.74) is 1.18. The van der Waals surface area contributed by atoms with Gasteiger partial charge in [0.15, 0.2) is 0 Å². The quantitative estimate of drug-likeness (QED) is 0.785. The van der Waals surface area contributed by atoms with Crippen LogP contribution in [0.3, 0.4) is 0 Å². The van der Waals surface area contributed by atoms with Gasteiger partial charge in [0.05, 0.1) is 0 Å². The van der Waals surface area contributed by atoms with Crippen molar-refractivity contribution in [3.8, 4) is 0 Å². The average molecular weight is 359 g/mol. The molecule has 2 rings (SSSR count).